The first-order chi connectivity index (χ1) is 18.8. The SMILES string of the molecule is Cc1ccc(S(=O)(=O)Nc2ccc(C(=O)Nc3cccc(NC(=O)c4ccc(C(C)(C)C)cc4)c3)cc2C)cc1. The number of carbonyl (C=O) groups excluding carboxylic acids is 2. The highest BCUT2D eigenvalue weighted by molar-refractivity contribution is 7.92. The molecule has 7 nitrogen and oxygen atoms in total. The molecule has 0 unspecified atom stereocenters. The molecule has 0 aliphatic carbocycles. The summed E-state index contributed by atoms with van der Waals surface area (Å²) in [5.41, 5.74) is 5.03. The number of carbonyl (C=O) groups is 2. The van der Waals surface area contributed by atoms with E-state index in [0.29, 0.717) is 33.8 Å². The van der Waals surface area contributed by atoms with Crippen molar-refractivity contribution in [1.82, 2.24) is 0 Å². The number of hydrogen-bond acceptors (Lipinski definition) is 4. The smallest absolute Gasteiger partial charge is 0.261 e. The number of anilines is 3. The lowest BCUT2D eigenvalue weighted by Gasteiger charge is -2.19. The van der Waals surface area contributed by atoms with Gasteiger partial charge in [0.2, 0.25) is 0 Å². The second kappa shape index (κ2) is 11.4. The van der Waals surface area contributed by atoms with Crippen molar-refractivity contribution >= 4 is 38.9 Å². The molecule has 8 heteroatoms. The van der Waals surface area contributed by atoms with Gasteiger partial charge in [0, 0.05) is 22.5 Å². The third kappa shape index (κ3) is 6.95. The first-order valence-corrected chi connectivity index (χ1v) is 14.3. The normalized spacial score (nSPS) is 11.5. The molecule has 2 amide bonds. The van der Waals surface area contributed by atoms with E-state index in [4.69, 9.17) is 0 Å². The van der Waals surface area contributed by atoms with Gasteiger partial charge in [-0.15, -0.1) is 0 Å². The highest BCUT2D eigenvalue weighted by Crippen LogP contribution is 2.24. The van der Waals surface area contributed by atoms with E-state index in [1.807, 2.05) is 19.1 Å². The van der Waals surface area contributed by atoms with Crippen LogP contribution in [0.4, 0.5) is 17.1 Å². The highest BCUT2D eigenvalue weighted by atomic mass is 32.2. The fourth-order valence-corrected chi connectivity index (χ4v) is 5.17. The molecule has 0 aliphatic rings. The maximum Gasteiger partial charge on any atom is 0.261 e. The van der Waals surface area contributed by atoms with Gasteiger partial charge in [-0.2, -0.15) is 0 Å². The minimum absolute atomic E-state index is 0.00392. The first-order valence-electron chi connectivity index (χ1n) is 12.9. The summed E-state index contributed by atoms with van der Waals surface area (Å²) in [6.07, 6.45) is 0. The van der Waals surface area contributed by atoms with Gasteiger partial charge >= 0.3 is 0 Å². The lowest BCUT2D eigenvalue weighted by atomic mass is 9.87. The topological polar surface area (TPSA) is 104 Å². The van der Waals surface area contributed by atoms with Crippen molar-refractivity contribution in [2.45, 2.75) is 44.9 Å². The average molecular weight is 556 g/mol. The maximum absolute atomic E-state index is 12.9. The van der Waals surface area contributed by atoms with Crippen molar-refractivity contribution < 1.29 is 18.0 Å². The van der Waals surface area contributed by atoms with E-state index >= 15 is 0 Å². The van der Waals surface area contributed by atoms with E-state index in [1.165, 1.54) is 0 Å². The zero-order valence-corrected chi connectivity index (χ0v) is 24.0. The Morgan fingerprint density at radius 3 is 1.77 bits per heavy atom. The summed E-state index contributed by atoms with van der Waals surface area (Å²) in [5.74, 6) is -0.611. The second-order valence-electron chi connectivity index (χ2n) is 10.8. The number of sulfonamides is 1. The van der Waals surface area contributed by atoms with Gasteiger partial charge in [0.25, 0.3) is 21.8 Å². The van der Waals surface area contributed by atoms with Crippen molar-refractivity contribution in [3.8, 4) is 0 Å². The van der Waals surface area contributed by atoms with E-state index < -0.39 is 10.0 Å². The molecule has 4 aromatic rings. The van der Waals surface area contributed by atoms with Crippen LogP contribution in [0.1, 0.15) is 58.2 Å². The predicted octanol–water partition coefficient (Wildman–Crippen LogP) is 6.91. The van der Waals surface area contributed by atoms with Crippen molar-refractivity contribution in [3.63, 3.8) is 0 Å². The van der Waals surface area contributed by atoms with Crippen molar-refractivity contribution in [3.05, 3.63) is 119 Å². The van der Waals surface area contributed by atoms with Gasteiger partial charge in [-0.3, -0.25) is 14.3 Å². The van der Waals surface area contributed by atoms with E-state index in [0.717, 1.165) is 11.1 Å². The Kier molecular flexibility index (Phi) is 8.11. The molecule has 4 rings (SSSR count). The molecule has 0 aromatic heterocycles. The van der Waals surface area contributed by atoms with Crippen LogP contribution < -0.4 is 15.4 Å². The summed E-state index contributed by atoms with van der Waals surface area (Å²) in [5, 5.41) is 5.70. The van der Waals surface area contributed by atoms with Crippen molar-refractivity contribution in [1.29, 1.82) is 0 Å². The number of nitrogens with one attached hydrogen (secondary N) is 3. The van der Waals surface area contributed by atoms with Crippen LogP contribution >= 0.6 is 0 Å². The molecule has 0 fully saturated rings. The van der Waals surface area contributed by atoms with E-state index in [2.05, 4.69) is 36.1 Å². The van der Waals surface area contributed by atoms with Crippen LogP contribution in [0.2, 0.25) is 0 Å². The minimum atomic E-state index is -3.76. The third-order valence-electron chi connectivity index (χ3n) is 6.46. The number of aryl methyl sites for hydroxylation is 2. The largest absolute Gasteiger partial charge is 0.322 e. The maximum atomic E-state index is 12.9. The molecule has 206 valence electrons. The molecule has 3 N–H and O–H groups in total. The standard InChI is InChI=1S/C32H33N3O4S/c1-21-9-16-28(17-10-21)40(38,39)35-29-18-13-24(19-22(29)2)31(37)34-27-8-6-7-26(20-27)33-30(36)23-11-14-25(15-12-23)32(3,4)5/h6-20,35H,1-5H3,(H,33,36)(H,34,37). The molecular weight excluding hydrogens is 522 g/mol. The van der Waals surface area contributed by atoms with Gasteiger partial charge in [-0.05, 0) is 91.1 Å². The van der Waals surface area contributed by atoms with Gasteiger partial charge < -0.3 is 10.6 Å². The van der Waals surface area contributed by atoms with Crippen LogP contribution in [0.5, 0.6) is 0 Å². The molecule has 0 radical (unpaired) electrons. The van der Waals surface area contributed by atoms with Gasteiger partial charge in [0.05, 0.1) is 10.6 Å². The Hall–Kier alpha value is -4.43. The molecule has 0 heterocycles. The molecule has 0 saturated carbocycles. The predicted molar refractivity (Wildman–Crippen MR) is 161 cm³/mol. The lowest BCUT2D eigenvalue weighted by Crippen LogP contribution is -2.16. The molecule has 0 spiro atoms. The van der Waals surface area contributed by atoms with Crippen LogP contribution in [-0.2, 0) is 15.4 Å². The zero-order valence-electron chi connectivity index (χ0n) is 23.2. The summed E-state index contributed by atoms with van der Waals surface area (Å²) >= 11 is 0. The molecule has 40 heavy (non-hydrogen) atoms. The van der Waals surface area contributed by atoms with Crippen LogP contribution in [0.25, 0.3) is 0 Å². The Labute approximate surface area is 235 Å². The molecular formula is C32H33N3O4S. The van der Waals surface area contributed by atoms with Crippen molar-refractivity contribution in [2.24, 2.45) is 0 Å². The van der Waals surface area contributed by atoms with E-state index in [9.17, 15) is 18.0 Å². The van der Waals surface area contributed by atoms with Crippen LogP contribution in [0.3, 0.4) is 0 Å². The fourth-order valence-electron chi connectivity index (χ4n) is 4.04. The number of hydrogen-bond donors (Lipinski definition) is 3. The molecule has 0 bridgehead atoms. The Morgan fingerprint density at radius 1 is 0.675 bits per heavy atom. The molecule has 0 aliphatic heterocycles. The Bertz CT molecular complexity index is 1650. The van der Waals surface area contributed by atoms with Gasteiger partial charge in [-0.25, -0.2) is 8.42 Å². The first kappa shape index (κ1) is 28.6. The quantitative estimate of drug-likeness (QED) is 0.231. The summed E-state index contributed by atoms with van der Waals surface area (Å²) in [6.45, 7) is 9.97. The summed E-state index contributed by atoms with van der Waals surface area (Å²) in [6, 6.07) is 25.7. The van der Waals surface area contributed by atoms with Crippen molar-refractivity contribution in [2.75, 3.05) is 15.4 Å². The number of amides is 2. The van der Waals surface area contributed by atoms with Gasteiger partial charge in [-0.1, -0.05) is 56.7 Å². The average Bonchev–Trinajstić information content (AvgIpc) is 2.89. The van der Waals surface area contributed by atoms with E-state index in [1.54, 1.807) is 85.8 Å². The minimum Gasteiger partial charge on any atom is -0.322 e. The third-order valence-corrected chi connectivity index (χ3v) is 7.84. The monoisotopic (exact) mass is 555 g/mol. The zero-order chi connectivity index (χ0) is 29.1. The van der Waals surface area contributed by atoms with Crippen LogP contribution in [-0.4, -0.2) is 20.2 Å². The number of benzene rings is 4. The number of rotatable bonds is 7. The molecule has 0 atom stereocenters. The van der Waals surface area contributed by atoms with Gasteiger partial charge in [0.1, 0.15) is 0 Å². The summed E-state index contributed by atoms with van der Waals surface area (Å²) in [4.78, 5) is 25.9. The molecule has 4 aromatic carbocycles. The second-order valence-corrected chi connectivity index (χ2v) is 12.4. The van der Waals surface area contributed by atoms with Crippen LogP contribution in [0, 0.1) is 13.8 Å². The highest BCUT2D eigenvalue weighted by Gasteiger charge is 2.17. The Balaban J connectivity index is 1.42. The fraction of sp³-hybridized carbons (Fsp3) is 0.188. The lowest BCUT2D eigenvalue weighted by molar-refractivity contribution is 0.101. The molecule has 0 saturated heterocycles. The Morgan fingerprint density at radius 2 is 1.23 bits per heavy atom. The summed E-state index contributed by atoms with van der Waals surface area (Å²) < 4.78 is 28.1. The van der Waals surface area contributed by atoms with Gasteiger partial charge in [0.15, 0.2) is 0 Å². The van der Waals surface area contributed by atoms with Crippen LogP contribution in [0.15, 0.2) is 95.9 Å². The van der Waals surface area contributed by atoms with E-state index in [-0.39, 0.29) is 22.1 Å². The summed E-state index contributed by atoms with van der Waals surface area (Å²) in [7, 11) is -3.76.